The predicted octanol–water partition coefficient (Wildman–Crippen LogP) is 3.65. The Hall–Kier alpha value is -0.560. The van der Waals surface area contributed by atoms with E-state index in [1.165, 1.54) is 12.1 Å². The topological polar surface area (TPSA) is 58.2 Å². The van der Waals surface area contributed by atoms with Gasteiger partial charge in [-0.1, -0.05) is 30.1 Å². The number of nitrogens with one attached hydrogen (secondary N) is 2. The van der Waals surface area contributed by atoms with E-state index >= 15 is 0 Å². The smallest absolute Gasteiger partial charge is 0.232 e. The highest BCUT2D eigenvalue weighted by molar-refractivity contribution is 7.92. The van der Waals surface area contributed by atoms with Crippen molar-refractivity contribution in [3.8, 4) is 0 Å². The third kappa shape index (κ3) is 6.82. The van der Waals surface area contributed by atoms with Crippen LogP contribution >= 0.6 is 23.2 Å². The molecule has 0 saturated carbocycles. The Morgan fingerprint density at radius 1 is 1.14 bits per heavy atom. The number of hydrogen-bond acceptors (Lipinski definition) is 3. The molecule has 0 saturated heterocycles. The van der Waals surface area contributed by atoms with E-state index in [-0.39, 0.29) is 21.5 Å². The largest absolute Gasteiger partial charge is 0.317 e. The van der Waals surface area contributed by atoms with Crippen LogP contribution in [0.5, 0.6) is 0 Å². The fourth-order valence-corrected chi connectivity index (χ4v) is 3.34. The van der Waals surface area contributed by atoms with Crippen molar-refractivity contribution < 1.29 is 12.8 Å². The molecule has 0 fully saturated rings. The molecule has 0 radical (unpaired) electrons. The minimum Gasteiger partial charge on any atom is -0.317 e. The number of hydrogen-bond donors (Lipinski definition) is 2. The molecule has 0 bridgehead atoms. The Morgan fingerprint density at radius 3 is 2.33 bits per heavy atom. The van der Waals surface area contributed by atoms with Crippen molar-refractivity contribution in [1.29, 1.82) is 0 Å². The van der Waals surface area contributed by atoms with Gasteiger partial charge in [0.15, 0.2) is 5.82 Å². The van der Waals surface area contributed by atoms with Gasteiger partial charge in [-0.3, -0.25) is 4.72 Å². The average molecular weight is 357 g/mol. The standard InChI is InChI=1S/C13H19Cl2FN2O2S/c1-2-5-17-6-3-4-7-21(19,20)18-10-8-11(14)13(16)12(15)9-10/h8-9,17-18H,2-7H2,1H3. The number of unbranched alkanes of at least 4 members (excludes halogenated alkanes) is 1. The average Bonchev–Trinajstić information content (AvgIpc) is 2.39. The SMILES string of the molecule is CCCNCCCCS(=O)(=O)Nc1cc(Cl)c(F)c(Cl)c1. The van der Waals surface area contributed by atoms with Gasteiger partial charge in [0.2, 0.25) is 10.0 Å². The molecule has 21 heavy (non-hydrogen) atoms. The van der Waals surface area contributed by atoms with Crippen LogP contribution in [0.4, 0.5) is 10.1 Å². The first kappa shape index (κ1) is 18.5. The molecule has 1 aromatic rings. The summed E-state index contributed by atoms with van der Waals surface area (Å²) in [5.41, 5.74) is 0.163. The van der Waals surface area contributed by atoms with E-state index in [1.807, 2.05) is 0 Å². The lowest BCUT2D eigenvalue weighted by Crippen LogP contribution is -2.20. The lowest BCUT2D eigenvalue weighted by molar-refractivity contribution is 0.590. The van der Waals surface area contributed by atoms with Crippen molar-refractivity contribution >= 4 is 38.9 Å². The van der Waals surface area contributed by atoms with Gasteiger partial charge in [0, 0.05) is 0 Å². The molecule has 4 nitrogen and oxygen atoms in total. The summed E-state index contributed by atoms with van der Waals surface area (Å²) in [6.45, 7) is 3.79. The van der Waals surface area contributed by atoms with Crippen LogP contribution in [0.1, 0.15) is 26.2 Å². The molecule has 0 aromatic heterocycles. The molecule has 0 aliphatic carbocycles. The normalized spacial score (nSPS) is 11.6. The van der Waals surface area contributed by atoms with Crippen LogP contribution in [0, 0.1) is 5.82 Å². The van der Waals surface area contributed by atoms with Crippen LogP contribution in [0.3, 0.4) is 0 Å². The molecule has 0 amide bonds. The molecule has 0 atom stereocenters. The Bertz CT molecular complexity index is 544. The van der Waals surface area contributed by atoms with Crippen LogP contribution in [0.2, 0.25) is 10.0 Å². The number of sulfonamides is 1. The maximum atomic E-state index is 13.2. The zero-order valence-electron chi connectivity index (χ0n) is 11.8. The first-order chi connectivity index (χ1) is 9.85. The molecule has 120 valence electrons. The molecule has 8 heteroatoms. The van der Waals surface area contributed by atoms with Crippen molar-refractivity contribution in [3.05, 3.63) is 28.0 Å². The van der Waals surface area contributed by atoms with Gasteiger partial charge in [0.1, 0.15) is 0 Å². The van der Waals surface area contributed by atoms with Gasteiger partial charge in [-0.05, 0) is 44.5 Å². The quantitative estimate of drug-likeness (QED) is 0.524. The van der Waals surface area contributed by atoms with Crippen LogP contribution in [0.15, 0.2) is 12.1 Å². The second kappa shape index (κ2) is 8.78. The van der Waals surface area contributed by atoms with E-state index in [0.717, 1.165) is 25.9 Å². The van der Waals surface area contributed by atoms with Crippen molar-refractivity contribution in [2.24, 2.45) is 0 Å². The van der Waals surface area contributed by atoms with Gasteiger partial charge in [-0.2, -0.15) is 0 Å². The van der Waals surface area contributed by atoms with Crippen molar-refractivity contribution in [2.45, 2.75) is 26.2 Å². The van der Waals surface area contributed by atoms with E-state index < -0.39 is 15.8 Å². The molecule has 0 unspecified atom stereocenters. The third-order valence-corrected chi connectivity index (χ3v) is 4.62. The molecule has 0 spiro atoms. The predicted molar refractivity (Wildman–Crippen MR) is 86.2 cm³/mol. The summed E-state index contributed by atoms with van der Waals surface area (Å²) < 4.78 is 39.4. The molecule has 0 aliphatic rings. The number of benzene rings is 1. The minimum atomic E-state index is -3.49. The maximum Gasteiger partial charge on any atom is 0.232 e. The van der Waals surface area contributed by atoms with Gasteiger partial charge in [-0.15, -0.1) is 0 Å². The first-order valence-electron chi connectivity index (χ1n) is 6.71. The van der Waals surface area contributed by atoms with E-state index in [1.54, 1.807) is 0 Å². The van der Waals surface area contributed by atoms with E-state index in [9.17, 15) is 12.8 Å². The Kier molecular flexibility index (Phi) is 7.73. The number of anilines is 1. The highest BCUT2D eigenvalue weighted by atomic mass is 35.5. The van der Waals surface area contributed by atoms with Crippen LogP contribution in [-0.2, 0) is 10.0 Å². The van der Waals surface area contributed by atoms with Crippen LogP contribution in [0.25, 0.3) is 0 Å². The van der Waals surface area contributed by atoms with E-state index in [2.05, 4.69) is 17.0 Å². The molecular weight excluding hydrogens is 338 g/mol. The Morgan fingerprint density at radius 2 is 1.76 bits per heavy atom. The highest BCUT2D eigenvalue weighted by Gasteiger charge is 2.13. The van der Waals surface area contributed by atoms with Gasteiger partial charge < -0.3 is 5.32 Å². The van der Waals surface area contributed by atoms with Gasteiger partial charge in [0.25, 0.3) is 0 Å². The number of halogens is 3. The zero-order valence-corrected chi connectivity index (χ0v) is 14.1. The fourth-order valence-electron chi connectivity index (χ4n) is 1.69. The lowest BCUT2D eigenvalue weighted by atomic mass is 10.3. The molecule has 0 heterocycles. The summed E-state index contributed by atoms with van der Waals surface area (Å²) in [7, 11) is -3.49. The summed E-state index contributed by atoms with van der Waals surface area (Å²) in [5, 5.41) is 2.76. The second-order valence-corrected chi connectivity index (χ2v) is 7.29. The van der Waals surface area contributed by atoms with Gasteiger partial charge >= 0.3 is 0 Å². The maximum absolute atomic E-state index is 13.2. The molecule has 2 N–H and O–H groups in total. The molecule has 0 aliphatic heterocycles. The summed E-state index contributed by atoms with van der Waals surface area (Å²) in [4.78, 5) is 0. The zero-order chi connectivity index (χ0) is 15.9. The van der Waals surface area contributed by atoms with Gasteiger partial charge in [0.05, 0.1) is 21.5 Å². The number of rotatable bonds is 9. The van der Waals surface area contributed by atoms with Gasteiger partial charge in [-0.25, -0.2) is 12.8 Å². The van der Waals surface area contributed by atoms with Crippen LogP contribution < -0.4 is 10.0 Å². The summed E-state index contributed by atoms with van der Waals surface area (Å²) in [6.07, 6.45) is 2.35. The summed E-state index contributed by atoms with van der Waals surface area (Å²) >= 11 is 11.2. The summed E-state index contributed by atoms with van der Waals surface area (Å²) in [5.74, 6) is -0.767. The third-order valence-electron chi connectivity index (χ3n) is 2.70. The van der Waals surface area contributed by atoms with Crippen LogP contribution in [-0.4, -0.2) is 27.3 Å². The Balaban J connectivity index is 2.49. The molecule has 1 aromatic carbocycles. The lowest BCUT2D eigenvalue weighted by Gasteiger charge is -2.09. The van der Waals surface area contributed by atoms with Crippen molar-refractivity contribution in [2.75, 3.05) is 23.6 Å². The van der Waals surface area contributed by atoms with E-state index in [0.29, 0.717) is 6.42 Å². The Labute approximate surface area is 135 Å². The first-order valence-corrected chi connectivity index (χ1v) is 9.12. The summed E-state index contributed by atoms with van der Waals surface area (Å²) in [6, 6.07) is 2.40. The highest BCUT2D eigenvalue weighted by Crippen LogP contribution is 2.27. The molecular formula is C13H19Cl2FN2O2S. The van der Waals surface area contributed by atoms with E-state index in [4.69, 9.17) is 23.2 Å². The monoisotopic (exact) mass is 356 g/mol. The minimum absolute atomic E-state index is 0.00653. The second-order valence-electron chi connectivity index (χ2n) is 4.63. The van der Waals surface area contributed by atoms with Crippen molar-refractivity contribution in [3.63, 3.8) is 0 Å². The fraction of sp³-hybridized carbons (Fsp3) is 0.538. The molecule has 1 rings (SSSR count). The van der Waals surface area contributed by atoms with Crippen molar-refractivity contribution in [1.82, 2.24) is 5.32 Å².